The number of ketones is 7. The molecule has 6 amide bonds. The second-order valence-electron chi connectivity index (χ2n) is 30.9. The fourth-order valence-corrected chi connectivity index (χ4v) is 14.8. The van der Waals surface area contributed by atoms with Gasteiger partial charge in [0.05, 0.1) is 61.7 Å². The number of benzene rings is 3. The van der Waals surface area contributed by atoms with Crippen molar-refractivity contribution in [1.82, 2.24) is 51.8 Å². The number of hydrogen-bond donors (Lipinski definition) is 17. The van der Waals surface area contributed by atoms with Crippen LogP contribution in [0.4, 0.5) is 0 Å². The molecular formula is C85H121N15O20S. The number of hydrogen-bond acceptors (Lipinski definition) is 24. The van der Waals surface area contributed by atoms with Crippen LogP contribution in [0.15, 0.2) is 103 Å². The van der Waals surface area contributed by atoms with Gasteiger partial charge in [-0.1, -0.05) is 80.9 Å². The van der Waals surface area contributed by atoms with Crippen molar-refractivity contribution >= 4 is 116 Å². The third-order valence-corrected chi connectivity index (χ3v) is 21.9. The van der Waals surface area contributed by atoms with Gasteiger partial charge >= 0.3 is 11.9 Å². The summed E-state index contributed by atoms with van der Waals surface area (Å²) in [6, 6.07) is 14.1. The fraction of sp³-hybridized carbons (Fsp3) is 0.541. The third-order valence-electron chi connectivity index (χ3n) is 21.2. The number of thioether (sulfide) groups is 1. The monoisotopic (exact) mass is 1700 g/mol. The van der Waals surface area contributed by atoms with Crippen LogP contribution in [0.25, 0.3) is 10.9 Å². The van der Waals surface area contributed by atoms with Crippen LogP contribution in [0.2, 0.25) is 0 Å². The number of aliphatic imine (C=N–C) groups is 1. The molecule has 0 radical (unpaired) electrons. The molecule has 2 aromatic heterocycles. The standard InChI is InChI=1S/C65H85N11O15S.C20H36N4O5/c1-38(79)14-20-55(81)53(28-45-33-71-50-13-7-6-12-48(45)50)75-61(88)41(11-8-23-70-65(67)68)29-58(84)52(26-39-9-4-3-5-10-39)74-64(91)44(27-46-34-69-37-72-46)32-57(83)51(19-21-60(86)87)73-62(89)42(22-24-92-2)30-59(85)54(36-78)76-63(90)43(31-56(82)49(66)35-77)25-40-15-17-47(80)18-16-40;1-13(2)14(19(28)23-12-18(26)27)11-17(25)16-8-6-10-24(16)20(29)15(22-3)7-4-5-9-21/h3-7,9-10,12-13,15-18,33-34,37,41-44,49,51-54,71,77-78,80H,8,11,14,19-32,35-36,66H2,1-2H3,(H,69,72)(H,73,89)(H,74,91)(H,75,88)(H,76,90)(H,86,87)(H4,67,68,70);13-16,22H,4-12,21H2,1-3H3,(H,23,28)(H,26,27)/t41-,42-,43-,44-,49+,51+,52+,53+,54+;14-,15-,16-/m10/s1. The highest BCUT2D eigenvalue weighted by molar-refractivity contribution is 7.98. The van der Waals surface area contributed by atoms with E-state index in [0.29, 0.717) is 48.5 Å². The van der Waals surface area contributed by atoms with E-state index in [9.17, 15) is 92.3 Å². The summed E-state index contributed by atoms with van der Waals surface area (Å²) in [5.74, 6) is -15.2. The highest BCUT2D eigenvalue weighted by Gasteiger charge is 2.41. The van der Waals surface area contributed by atoms with E-state index in [4.69, 9.17) is 28.0 Å². The van der Waals surface area contributed by atoms with Crippen molar-refractivity contribution < 1.29 is 97.5 Å². The lowest BCUT2D eigenvalue weighted by molar-refractivity contribution is -0.141. The van der Waals surface area contributed by atoms with Crippen molar-refractivity contribution in [3.8, 4) is 5.75 Å². The number of amides is 6. The number of carbonyl (C=O) groups is 15. The van der Waals surface area contributed by atoms with E-state index in [1.54, 1.807) is 54.7 Å². The topological polar surface area (TPSA) is 594 Å². The summed E-state index contributed by atoms with van der Waals surface area (Å²) in [5.41, 5.74) is 25.5. The van der Waals surface area contributed by atoms with Crippen molar-refractivity contribution in [1.29, 1.82) is 0 Å². The van der Waals surface area contributed by atoms with Crippen molar-refractivity contribution in [2.24, 2.45) is 63.4 Å². The normalized spacial score (nSPS) is 15.2. The number of aromatic amines is 2. The number of phenolic OH excluding ortho intramolecular Hbond substituents is 1. The van der Waals surface area contributed by atoms with Crippen molar-refractivity contribution in [2.45, 2.75) is 198 Å². The van der Waals surface area contributed by atoms with Gasteiger partial charge in [0, 0.05) is 130 Å². The van der Waals surface area contributed by atoms with Gasteiger partial charge in [-0.05, 0) is 138 Å². The Morgan fingerprint density at radius 1 is 0.603 bits per heavy atom. The third kappa shape index (κ3) is 35.0. The number of unbranched alkanes of at least 4 members (excludes halogenated alkanes) is 1. The molecule has 121 heavy (non-hydrogen) atoms. The Bertz CT molecular complexity index is 4270. The molecule has 1 fully saturated rings. The molecule has 5 aromatic rings. The maximum absolute atomic E-state index is 14.9. The molecule has 36 heteroatoms. The predicted octanol–water partition coefficient (Wildman–Crippen LogP) is 2.16. The molecule has 0 aliphatic carbocycles. The number of aliphatic hydroxyl groups excluding tert-OH is 2. The second kappa shape index (κ2) is 53.0. The Hall–Kier alpha value is -10.9. The van der Waals surface area contributed by atoms with Crippen LogP contribution in [0.5, 0.6) is 5.75 Å². The summed E-state index contributed by atoms with van der Waals surface area (Å²) in [5, 5.41) is 65.4. The van der Waals surface area contributed by atoms with E-state index < -0.39 is 195 Å². The molecule has 35 nitrogen and oxygen atoms in total. The number of carboxylic acid groups (broad SMARTS) is 2. The average molecular weight is 1710 g/mol. The molecule has 3 heterocycles. The maximum atomic E-state index is 14.9. The minimum atomic E-state index is -1.59. The first-order valence-corrected chi connectivity index (χ1v) is 42.2. The summed E-state index contributed by atoms with van der Waals surface area (Å²) in [6.45, 7) is 4.10. The maximum Gasteiger partial charge on any atom is 0.322 e. The molecule has 0 spiro atoms. The van der Waals surface area contributed by atoms with Crippen molar-refractivity contribution in [3.63, 3.8) is 0 Å². The van der Waals surface area contributed by atoms with Crippen LogP contribution in [0, 0.1) is 35.5 Å². The molecule has 1 aliphatic heterocycles. The number of aliphatic carboxylic acids is 2. The number of imidazole rings is 1. The number of fused-ring (bicyclic) bond motifs is 1. The largest absolute Gasteiger partial charge is 0.508 e. The van der Waals surface area contributed by atoms with Crippen LogP contribution < -0.4 is 54.8 Å². The van der Waals surface area contributed by atoms with Crippen molar-refractivity contribution in [2.75, 3.05) is 58.4 Å². The van der Waals surface area contributed by atoms with Gasteiger partial charge in [-0.15, -0.1) is 0 Å². The Kier molecular flexibility index (Phi) is 44.1. The average Bonchev–Trinajstić information content (AvgIpc) is 1.70. The zero-order valence-electron chi connectivity index (χ0n) is 69.5. The summed E-state index contributed by atoms with van der Waals surface area (Å²) in [7, 11) is 1.74. The van der Waals surface area contributed by atoms with Gasteiger partial charge in [0.15, 0.2) is 40.7 Å². The van der Waals surface area contributed by atoms with E-state index in [-0.39, 0.29) is 112 Å². The summed E-state index contributed by atoms with van der Waals surface area (Å²) in [6.07, 6.45) is 6.50. The number of Topliss-reactive ketones (excluding diaryl/α,β-unsaturated/α-hetero) is 7. The molecule has 0 bridgehead atoms. The number of nitrogens with two attached hydrogens (primary N) is 4. The molecule has 0 saturated carbocycles. The number of likely N-dealkylation sites (tertiary alicyclic amines) is 1. The first-order valence-electron chi connectivity index (χ1n) is 40.8. The van der Waals surface area contributed by atoms with Crippen LogP contribution in [0.1, 0.15) is 152 Å². The molecule has 662 valence electrons. The number of carbonyl (C=O) groups excluding carboxylic acids is 13. The number of rotatable bonds is 57. The fourth-order valence-electron chi connectivity index (χ4n) is 14.2. The molecule has 6 rings (SSSR count). The number of aromatic hydroxyl groups is 1. The Morgan fingerprint density at radius 2 is 1.19 bits per heavy atom. The number of carboxylic acids is 2. The lowest BCUT2D eigenvalue weighted by Gasteiger charge is -2.29. The lowest BCUT2D eigenvalue weighted by atomic mass is 9.87. The minimum absolute atomic E-state index is 0.00500. The van der Waals surface area contributed by atoms with E-state index >= 15 is 0 Å². The van der Waals surface area contributed by atoms with E-state index in [1.165, 1.54) is 55.5 Å². The number of nitrogens with one attached hydrogen (secondary N) is 8. The molecule has 1 saturated heterocycles. The second-order valence-corrected chi connectivity index (χ2v) is 31.9. The van der Waals surface area contributed by atoms with Gasteiger partial charge in [0.2, 0.25) is 35.4 Å². The molecule has 12 atom stereocenters. The van der Waals surface area contributed by atoms with Crippen LogP contribution in [-0.4, -0.2) is 240 Å². The number of H-pyrrole nitrogens is 2. The summed E-state index contributed by atoms with van der Waals surface area (Å²) >= 11 is 1.33. The highest BCUT2D eigenvalue weighted by atomic mass is 32.2. The molecule has 1 aliphatic rings. The van der Waals surface area contributed by atoms with Crippen LogP contribution >= 0.6 is 11.8 Å². The van der Waals surface area contributed by atoms with Gasteiger partial charge < -0.3 is 100 Å². The minimum Gasteiger partial charge on any atom is -0.508 e. The number of para-hydroxylation sites is 1. The number of guanidine groups is 1. The first kappa shape index (κ1) is 101. The lowest BCUT2D eigenvalue weighted by Crippen LogP contribution is -2.50. The van der Waals surface area contributed by atoms with Crippen LogP contribution in [-0.2, 0) is 97.6 Å². The van der Waals surface area contributed by atoms with Gasteiger partial charge in [-0.2, -0.15) is 11.8 Å². The Labute approximate surface area is 707 Å². The van der Waals surface area contributed by atoms with Crippen molar-refractivity contribution in [3.05, 3.63) is 120 Å². The number of likely N-dealkylation sites (N-methyl/N-ethyl adjacent to an activating group) is 1. The smallest absolute Gasteiger partial charge is 0.322 e. The van der Waals surface area contributed by atoms with E-state index in [2.05, 4.69) is 51.8 Å². The number of aliphatic hydroxyl groups is 2. The molecule has 0 unspecified atom stereocenters. The van der Waals surface area contributed by atoms with Gasteiger partial charge in [-0.3, -0.25) is 72.1 Å². The van der Waals surface area contributed by atoms with E-state index in [1.807, 2.05) is 38.1 Å². The molecule has 3 aromatic carbocycles. The SMILES string of the molecule is CN[C@@H](CCCCN)C(=O)N1CCC[C@H]1C(=O)C[C@H](C(=O)NCC(=O)O)C(C)C.CSCC[C@H](CC(=O)[C@H](CO)NC(=O)[C@@H](CC(=O)[C@@H](N)CO)Cc1ccc(O)cc1)C(=O)N[C@@H](CCC(=O)O)C(=O)C[C@@H](Cc1cnc[nH]1)C(=O)N[C@@H](Cc1ccccc1)C(=O)C[C@@H](CCCN=C(N)N)C(=O)N[C@@H](Cc1c[nH]c2ccccc12)C(=O)CCC(C)=O. The number of nitrogens with zero attached hydrogens (tertiary/aromatic N) is 3. The summed E-state index contributed by atoms with van der Waals surface area (Å²) in [4.78, 5) is 217. The summed E-state index contributed by atoms with van der Waals surface area (Å²) < 4.78 is 0. The first-order chi connectivity index (χ1) is 57.7. The number of phenols is 1. The van der Waals surface area contributed by atoms with Gasteiger partial charge in [-0.25, -0.2) is 4.98 Å². The zero-order valence-corrected chi connectivity index (χ0v) is 70.3. The Morgan fingerprint density at radius 3 is 1.79 bits per heavy atom. The zero-order chi connectivity index (χ0) is 89.3. The molecular weight excluding hydrogens is 1580 g/mol. The quantitative estimate of drug-likeness (QED) is 0.0151. The number of aromatic nitrogens is 3. The van der Waals surface area contributed by atoms with Gasteiger partial charge in [0.25, 0.3) is 0 Å². The highest BCUT2D eigenvalue weighted by Crippen LogP contribution is 2.28. The molecule has 21 N–H and O–H groups in total. The van der Waals surface area contributed by atoms with Gasteiger partial charge in [0.1, 0.15) is 24.1 Å². The predicted molar refractivity (Wildman–Crippen MR) is 452 cm³/mol. The van der Waals surface area contributed by atoms with Crippen LogP contribution in [0.3, 0.4) is 0 Å². The Balaban J connectivity index is 0.000000755. The van der Waals surface area contributed by atoms with E-state index in [0.717, 1.165) is 35.7 Å².